The lowest BCUT2D eigenvalue weighted by Gasteiger charge is -1.97. The molecule has 0 saturated heterocycles. The molecule has 0 aliphatic heterocycles. The third-order valence-corrected chi connectivity index (χ3v) is 1.71. The Hall–Kier alpha value is -1.52. The molecule has 68 valence electrons. The SMILES string of the molecule is Fc1c(F)c(F)c2cocc2c1F. The average molecular weight is 190 g/mol. The Labute approximate surface area is 69.6 Å². The van der Waals surface area contributed by atoms with Crippen LogP contribution in [0.25, 0.3) is 10.8 Å². The summed E-state index contributed by atoms with van der Waals surface area (Å²) in [6, 6.07) is 0. The summed E-state index contributed by atoms with van der Waals surface area (Å²) < 4.78 is 55.2. The minimum Gasteiger partial charge on any atom is -0.471 e. The van der Waals surface area contributed by atoms with Gasteiger partial charge in [-0.25, -0.2) is 17.6 Å². The van der Waals surface area contributed by atoms with E-state index in [-0.39, 0.29) is 0 Å². The number of furan rings is 1. The van der Waals surface area contributed by atoms with Gasteiger partial charge in [-0.2, -0.15) is 0 Å². The van der Waals surface area contributed by atoms with Crippen molar-refractivity contribution in [3.05, 3.63) is 35.8 Å². The molecule has 0 saturated carbocycles. The molecular weight excluding hydrogens is 188 g/mol. The van der Waals surface area contributed by atoms with Crippen LogP contribution in [-0.2, 0) is 0 Å². The molecule has 0 N–H and O–H groups in total. The Balaban J connectivity index is 3.02. The van der Waals surface area contributed by atoms with Gasteiger partial charge in [0.15, 0.2) is 23.3 Å². The largest absolute Gasteiger partial charge is 0.471 e. The fourth-order valence-corrected chi connectivity index (χ4v) is 1.07. The number of rotatable bonds is 0. The Kier molecular flexibility index (Phi) is 1.55. The maximum atomic E-state index is 12.8. The van der Waals surface area contributed by atoms with E-state index in [9.17, 15) is 17.6 Å². The highest BCUT2D eigenvalue weighted by atomic mass is 19.2. The zero-order valence-electron chi connectivity index (χ0n) is 6.07. The molecule has 0 amide bonds. The molecular formula is C8H2F4O. The monoisotopic (exact) mass is 190 g/mol. The highest BCUT2D eigenvalue weighted by Crippen LogP contribution is 2.26. The molecule has 0 atom stereocenters. The first-order chi connectivity index (χ1) is 6.13. The second-order valence-electron chi connectivity index (χ2n) is 2.46. The van der Waals surface area contributed by atoms with E-state index in [0.29, 0.717) is 0 Å². The first kappa shape index (κ1) is 8.10. The van der Waals surface area contributed by atoms with E-state index in [4.69, 9.17) is 0 Å². The zero-order chi connectivity index (χ0) is 9.59. The first-order valence-corrected chi connectivity index (χ1v) is 3.30. The van der Waals surface area contributed by atoms with Crippen LogP contribution >= 0.6 is 0 Å². The molecule has 0 radical (unpaired) electrons. The van der Waals surface area contributed by atoms with Gasteiger partial charge in [0, 0.05) is 0 Å². The lowest BCUT2D eigenvalue weighted by Crippen LogP contribution is -1.95. The highest BCUT2D eigenvalue weighted by Gasteiger charge is 2.21. The van der Waals surface area contributed by atoms with Crippen LogP contribution < -0.4 is 0 Å². The molecule has 1 heterocycles. The zero-order valence-corrected chi connectivity index (χ0v) is 6.07. The van der Waals surface area contributed by atoms with Gasteiger partial charge in [0.2, 0.25) is 0 Å². The number of halogens is 4. The van der Waals surface area contributed by atoms with Crippen molar-refractivity contribution < 1.29 is 22.0 Å². The van der Waals surface area contributed by atoms with E-state index >= 15 is 0 Å². The molecule has 0 fully saturated rings. The van der Waals surface area contributed by atoms with Crippen LogP contribution in [0.4, 0.5) is 17.6 Å². The predicted molar refractivity (Wildman–Crippen MR) is 36.0 cm³/mol. The van der Waals surface area contributed by atoms with Crippen molar-refractivity contribution in [2.24, 2.45) is 0 Å². The van der Waals surface area contributed by atoms with E-state index in [1.807, 2.05) is 0 Å². The van der Waals surface area contributed by atoms with Crippen molar-refractivity contribution >= 4 is 10.8 Å². The minimum absolute atomic E-state index is 0.406. The topological polar surface area (TPSA) is 13.1 Å². The molecule has 0 aliphatic carbocycles. The van der Waals surface area contributed by atoms with Crippen LogP contribution in [0.3, 0.4) is 0 Å². The van der Waals surface area contributed by atoms with Crippen molar-refractivity contribution in [2.75, 3.05) is 0 Å². The summed E-state index contributed by atoms with van der Waals surface area (Å²) in [5.74, 6) is -6.54. The summed E-state index contributed by atoms with van der Waals surface area (Å²) in [5.41, 5.74) is 0. The lowest BCUT2D eigenvalue weighted by atomic mass is 10.2. The smallest absolute Gasteiger partial charge is 0.198 e. The van der Waals surface area contributed by atoms with Gasteiger partial charge >= 0.3 is 0 Å². The van der Waals surface area contributed by atoms with E-state index in [0.717, 1.165) is 12.5 Å². The Morgan fingerprint density at radius 1 is 0.692 bits per heavy atom. The summed E-state index contributed by atoms with van der Waals surface area (Å²) in [6.45, 7) is 0. The maximum absolute atomic E-state index is 12.8. The quantitative estimate of drug-likeness (QED) is 0.353. The van der Waals surface area contributed by atoms with Crippen LogP contribution in [0.1, 0.15) is 0 Å². The number of hydrogen-bond donors (Lipinski definition) is 0. The number of fused-ring (bicyclic) bond motifs is 1. The Morgan fingerprint density at radius 2 is 1.08 bits per heavy atom. The van der Waals surface area contributed by atoms with Crippen molar-refractivity contribution in [1.82, 2.24) is 0 Å². The molecule has 0 aliphatic rings. The van der Waals surface area contributed by atoms with Crippen molar-refractivity contribution in [3.8, 4) is 0 Å². The standard InChI is InChI=1S/C8H2F4O/c9-5-3-1-13-2-4(3)6(10)8(12)7(5)11/h1-2H. The number of benzene rings is 1. The molecule has 2 rings (SSSR count). The molecule has 1 nitrogen and oxygen atoms in total. The van der Waals surface area contributed by atoms with Gasteiger partial charge in [-0.15, -0.1) is 0 Å². The molecule has 0 spiro atoms. The van der Waals surface area contributed by atoms with Crippen molar-refractivity contribution in [1.29, 1.82) is 0 Å². The molecule has 2 aromatic rings. The fourth-order valence-electron chi connectivity index (χ4n) is 1.07. The highest BCUT2D eigenvalue weighted by molar-refractivity contribution is 5.82. The van der Waals surface area contributed by atoms with Crippen LogP contribution in [0, 0.1) is 23.3 Å². The lowest BCUT2D eigenvalue weighted by molar-refractivity contribution is 0.418. The minimum atomic E-state index is -1.83. The summed E-state index contributed by atoms with van der Waals surface area (Å²) in [5, 5.41) is -0.812. The predicted octanol–water partition coefficient (Wildman–Crippen LogP) is 2.99. The van der Waals surface area contributed by atoms with Gasteiger partial charge in [0.25, 0.3) is 0 Å². The third-order valence-electron chi connectivity index (χ3n) is 1.71. The van der Waals surface area contributed by atoms with Crippen LogP contribution in [0.5, 0.6) is 0 Å². The Morgan fingerprint density at radius 3 is 1.46 bits per heavy atom. The van der Waals surface area contributed by atoms with E-state index in [2.05, 4.69) is 4.42 Å². The van der Waals surface area contributed by atoms with Gasteiger partial charge in [0.05, 0.1) is 10.8 Å². The van der Waals surface area contributed by atoms with Crippen LogP contribution in [0.15, 0.2) is 16.9 Å². The maximum Gasteiger partial charge on any atom is 0.198 e. The van der Waals surface area contributed by atoms with Gasteiger partial charge < -0.3 is 4.42 Å². The first-order valence-electron chi connectivity index (χ1n) is 3.30. The van der Waals surface area contributed by atoms with E-state index in [1.165, 1.54) is 0 Å². The number of hydrogen-bond acceptors (Lipinski definition) is 1. The molecule has 13 heavy (non-hydrogen) atoms. The fraction of sp³-hybridized carbons (Fsp3) is 0. The molecule has 5 heteroatoms. The van der Waals surface area contributed by atoms with Gasteiger partial charge in [-0.3, -0.25) is 0 Å². The van der Waals surface area contributed by atoms with Crippen LogP contribution in [-0.4, -0.2) is 0 Å². The van der Waals surface area contributed by atoms with Crippen molar-refractivity contribution in [2.45, 2.75) is 0 Å². The summed E-state index contributed by atoms with van der Waals surface area (Å²) in [4.78, 5) is 0. The second kappa shape index (κ2) is 2.48. The second-order valence-corrected chi connectivity index (χ2v) is 2.46. The van der Waals surface area contributed by atoms with Gasteiger partial charge in [-0.1, -0.05) is 0 Å². The molecule has 0 bridgehead atoms. The van der Waals surface area contributed by atoms with E-state index < -0.39 is 34.0 Å². The summed E-state index contributed by atoms with van der Waals surface area (Å²) in [7, 11) is 0. The summed E-state index contributed by atoms with van der Waals surface area (Å²) in [6.07, 6.45) is 1.63. The normalized spacial score (nSPS) is 11.1. The molecule has 1 aromatic heterocycles. The average Bonchev–Trinajstić information content (AvgIpc) is 2.59. The van der Waals surface area contributed by atoms with E-state index in [1.54, 1.807) is 0 Å². The van der Waals surface area contributed by atoms with Crippen molar-refractivity contribution in [3.63, 3.8) is 0 Å². The van der Waals surface area contributed by atoms with Gasteiger partial charge in [-0.05, 0) is 0 Å². The summed E-state index contributed by atoms with van der Waals surface area (Å²) >= 11 is 0. The molecule has 1 aromatic carbocycles. The Bertz CT molecular complexity index is 432. The van der Waals surface area contributed by atoms with Gasteiger partial charge in [0.1, 0.15) is 12.5 Å². The third kappa shape index (κ3) is 0.929. The molecule has 0 unspecified atom stereocenters. The van der Waals surface area contributed by atoms with Crippen LogP contribution in [0.2, 0.25) is 0 Å².